The molecule has 4 rings (SSSR count). The van der Waals surface area contributed by atoms with E-state index in [0.717, 1.165) is 10.9 Å². The summed E-state index contributed by atoms with van der Waals surface area (Å²) >= 11 is 0. The summed E-state index contributed by atoms with van der Waals surface area (Å²) in [7, 11) is 0. The van der Waals surface area contributed by atoms with Gasteiger partial charge in [-0.3, -0.25) is 19.2 Å². The number of benzene rings is 3. The normalized spacial score (nSPS) is 13.6. The Morgan fingerprint density at radius 3 is 1.74 bits per heavy atom. The van der Waals surface area contributed by atoms with E-state index in [4.69, 9.17) is 10.8 Å². The fourth-order valence-corrected chi connectivity index (χ4v) is 5.07. The highest BCUT2D eigenvalue weighted by atomic mass is 16.4. The maximum absolute atomic E-state index is 13.8. The Balaban J connectivity index is 1.59. The van der Waals surface area contributed by atoms with Crippen LogP contribution in [0.2, 0.25) is 0 Å². The van der Waals surface area contributed by atoms with E-state index >= 15 is 0 Å². The van der Waals surface area contributed by atoms with Gasteiger partial charge >= 0.3 is 11.9 Å². The van der Waals surface area contributed by atoms with Crippen LogP contribution in [0.1, 0.15) is 29.5 Å². The predicted octanol–water partition coefficient (Wildman–Crippen LogP) is 1.93. The van der Waals surface area contributed by atoms with Crippen LogP contribution in [0.5, 0.6) is 0 Å². The number of aromatic nitrogens is 1. The van der Waals surface area contributed by atoms with E-state index < -0.39 is 53.8 Å². The molecule has 12 nitrogen and oxygen atoms in total. The second kappa shape index (κ2) is 16.0. The Hall–Kier alpha value is -5.49. The summed E-state index contributed by atoms with van der Waals surface area (Å²) < 4.78 is 0. The minimum Gasteiger partial charge on any atom is -0.481 e. The molecule has 1 heterocycles. The first-order valence-corrected chi connectivity index (χ1v) is 14.8. The quantitative estimate of drug-likeness (QED) is 0.0975. The summed E-state index contributed by atoms with van der Waals surface area (Å²) in [6.07, 6.45) is 1.35. The first kappa shape index (κ1) is 33.4. The minimum atomic E-state index is -1.27. The molecule has 0 aliphatic heterocycles. The van der Waals surface area contributed by atoms with Gasteiger partial charge in [0.1, 0.15) is 18.1 Å². The molecule has 4 unspecified atom stereocenters. The molecule has 1 aromatic heterocycles. The van der Waals surface area contributed by atoms with Crippen molar-refractivity contribution in [3.63, 3.8) is 0 Å². The lowest BCUT2D eigenvalue weighted by Crippen LogP contribution is -2.58. The zero-order valence-electron chi connectivity index (χ0n) is 25.0. The highest BCUT2D eigenvalue weighted by Gasteiger charge is 2.31. The van der Waals surface area contributed by atoms with Crippen molar-refractivity contribution < 1.29 is 34.2 Å². The molecule has 0 saturated carbocycles. The molecule has 4 atom stereocenters. The summed E-state index contributed by atoms with van der Waals surface area (Å²) in [4.78, 5) is 66.8. The van der Waals surface area contributed by atoms with Gasteiger partial charge in [0.05, 0.1) is 6.04 Å². The van der Waals surface area contributed by atoms with Gasteiger partial charge in [0.25, 0.3) is 0 Å². The molecule has 12 heteroatoms. The molecule has 0 spiro atoms. The topological polar surface area (TPSA) is 204 Å². The summed E-state index contributed by atoms with van der Waals surface area (Å²) in [6.45, 7) is 0. The Bertz CT molecular complexity index is 1660. The van der Waals surface area contributed by atoms with E-state index in [9.17, 15) is 29.1 Å². The zero-order valence-corrected chi connectivity index (χ0v) is 25.0. The molecule has 3 aromatic carbocycles. The number of carbonyl (C=O) groups excluding carboxylic acids is 3. The molecule has 46 heavy (non-hydrogen) atoms. The highest BCUT2D eigenvalue weighted by molar-refractivity contribution is 5.95. The number of carbonyl (C=O) groups is 5. The number of aromatic amines is 1. The third-order valence-corrected chi connectivity index (χ3v) is 7.55. The lowest BCUT2D eigenvalue weighted by molar-refractivity contribution is -0.142. The highest BCUT2D eigenvalue weighted by Crippen LogP contribution is 2.19. The Morgan fingerprint density at radius 1 is 0.652 bits per heavy atom. The number of nitrogens with two attached hydrogens (primary N) is 1. The molecule has 0 aliphatic carbocycles. The molecule has 4 aromatic rings. The third-order valence-electron chi connectivity index (χ3n) is 7.55. The van der Waals surface area contributed by atoms with Crippen molar-refractivity contribution in [2.75, 3.05) is 0 Å². The van der Waals surface area contributed by atoms with Gasteiger partial charge in [-0.1, -0.05) is 78.9 Å². The zero-order chi connectivity index (χ0) is 33.1. The van der Waals surface area contributed by atoms with Gasteiger partial charge in [-0.2, -0.15) is 0 Å². The monoisotopic (exact) mass is 627 g/mol. The number of carboxylic acid groups (broad SMARTS) is 2. The first-order valence-electron chi connectivity index (χ1n) is 14.8. The lowest BCUT2D eigenvalue weighted by Gasteiger charge is -2.25. The molecule has 0 radical (unpaired) electrons. The summed E-state index contributed by atoms with van der Waals surface area (Å²) in [6, 6.07) is 20.3. The second-order valence-electron chi connectivity index (χ2n) is 11.0. The van der Waals surface area contributed by atoms with Gasteiger partial charge < -0.3 is 36.9 Å². The van der Waals surface area contributed by atoms with Crippen molar-refractivity contribution in [1.29, 1.82) is 0 Å². The summed E-state index contributed by atoms with van der Waals surface area (Å²) in [5, 5.41) is 27.7. The van der Waals surface area contributed by atoms with Crippen LogP contribution in [0.4, 0.5) is 0 Å². The minimum absolute atomic E-state index is 0.0173. The van der Waals surface area contributed by atoms with Crippen LogP contribution in [0, 0.1) is 0 Å². The fourth-order valence-electron chi connectivity index (χ4n) is 5.07. The van der Waals surface area contributed by atoms with Crippen LogP contribution in [-0.2, 0) is 43.2 Å². The standard InChI is InChI=1S/C34H37N5O7/c35-25(15-16-30(40)41)31(42)37-27(17-21-9-3-1-4-10-21)32(43)38-28(19-23-20-36-26-14-8-7-13-24(23)26)33(44)39-29(34(45)46)18-22-11-5-2-6-12-22/h1-14,20,25,27-29,36H,15-19,35H2,(H,37,42)(H,38,43)(H,39,44)(H,40,41)(H,45,46). The van der Waals surface area contributed by atoms with Crippen LogP contribution in [-0.4, -0.2) is 69.0 Å². The van der Waals surface area contributed by atoms with Crippen molar-refractivity contribution in [2.45, 2.75) is 56.3 Å². The van der Waals surface area contributed by atoms with E-state index in [2.05, 4.69) is 20.9 Å². The van der Waals surface area contributed by atoms with Gasteiger partial charge in [0.15, 0.2) is 0 Å². The van der Waals surface area contributed by atoms with Gasteiger partial charge in [-0.05, 0) is 29.2 Å². The van der Waals surface area contributed by atoms with Crippen LogP contribution < -0.4 is 21.7 Å². The molecule has 0 fully saturated rings. The number of hydrogen-bond donors (Lipinski definition) is 7. The van der Waals surface area contributed by atoms with Crippen molar-refractivity contribution in [1.82, 2.24) is 20.9 Å². The number of rotatable bonds is 16. The number of H-pyrrole nitrogens is 1. The Kier molecular flexibility index (Phi) is 11.6. The van der Waals surface area contributed by atoms with Gasteiger partial charge in [-0.15, -0.1) is 0 Å². The van der Waals surface area contributed by atoms with Crippen LogP contribution >= 0.6 is 0 Å². The largest absolute Gasteiger partial charge is 0.481 e. The number of fused-ring (bicyclic) bond motifs is 1. The molecular weight excluding hydrogens is 590 g/mol. The molecule has 0 aliphatic rings. The van der Waals surface area contributed by atoms with Crippen molar-refractivity contribution >= 4 is 40.6 Å². The van der Waals surface area contributed by atoms with Crippen LogP contribution in [0.25, 0.3) is 10.9 Å². The number of hydrogen-bond acceptors (Lipinski definition) is 6. The van der Waals surface area contributed by atoms with Gasteiger partial charge in [-0.25, -0.2) is 4.79 Å². The number of carboxylic acids is 2. The molecule has 0 bridgehead atoms. The predicted molar refractivity (Wildman–Crippen MR) is 171 cm³/mol. The lowest BCUT2D eigenvalue weighted by atomic mass is 10.0. The first-order chi connectivity index (χ1) is 22.1. The van der Waals surface area contributed by atoms with E-state index in [-0.39, 0.29) is 32.1 Å². The second-order valence-corrected chi connectivity index (χ2v) is 11.0. The average Bonchev–Trinajstić information content (AvgIpc) is 3.46. The number of amides is 3. The van der Waals surface area contributed by atoms with Crippen molar-refractivity contribution in [3.8, 4) is 0 Å². The van der Waals surface area contributed by atoms with E-state index in [1.807, 2.05) is 24.3 Å². The van der Waals surface area contributed by atoms with Gasteiger partial charge in [0, 0.05) is 42.8 Å². The smallest absolute Gasteiger partial charge is 0.326 e. The van der Waals surface area contributed by atoms with Crippen LogP contribution in [0.3, 0.4) is 0 Å². The third kappa shape index (κ3) is 9.50. The number of para-hydroxylation sites is 1. The van der Waals surface area contributed by atoms with Crippen LogP contribution in [0.15, 0.2) is 91.1 Å². The van der Waals surface area contributed by atoms with E-state index in [1.165, 1.54) is 0 Å². The Labute approximate surface area is 265 Å². The SMILES string of the molecule is NC(CCC(=O)O)C(=O)NC(Cc1ccccc1)C(=O)NC(Cc1c[nH]c2ccccc12)C(=O)NC(Cc1ccccc1)C(=O)O. The molecule has 3 amide bonds. The number of nitrogens with one attached hydrogen (secondary N) is 4. The Morgan fingerprint density at radius 2 is 1.15 bits per heavy atom. The maximum atomic E-state index is 13.8. The maximum Gasteiger partial charge on any atom is 0.326 e. The molecule has 0 saturated heterocycles. The average molecular weight is 628 g/mol. The van der Waals surface area contributed by atoms with Gasteiger partial charge in [0.2, 0.25) is 17.7 Å². The van der Waals surface area contributed by atoms with E-state index in [0.29, 0.717) is 16.7 Å². The summed E-state index contributed by atoms with van der Waals surface area (Å²) in [5.41, 5.74) is 8.87. The number of aliphatic carboxylic acids is 2. The molecular formula is C34H37N5O7. The molecule has 8 N–H and O–H groups in total. The van der Waals surface area contributed by atoms with Crippen molar-refractivity contribution in [3.05, 3.63) is 108 Å². The van der Waals surface area contributed by atoms with Crippen molar-refractivity contribution in [2.24, 2.45) is 5.73 Å². The molecule has 240 valence electrons. The van der Waals surface area contributed by atoms with E-state index in [1.54, 1.807) is 66.9 Å². The summed E-state index contributed by atoms with van der Waals surface area (Å²) in [5.74, 6) is -4.48. The fraction of sp³-hybridized carbons (Fsp3) is 0.265.